The molecule has 1 atom stereocenters. The van der Waals surface area contributed by atoms with E-state index < -0.39 is 6.09 Å². The van der Waals surface area contributed by atoms with Gasteiger partial charge in [0.25, 0.3) is 5.91 Å². The molecule has 0 unspecified atom stereocenters. The summed E-state index contributed by atoms with van der Waals surface area (Å²) in [5.41, 5.74) is 4.01. The Labute approximate surface area is 188 Å². The second-order valence-corrected chi connectivity index (χ2v) is 8.04. The summed E-state index contributed by atoms with van der Waals surface area (Å²) < 4.78 is 5.49. The van der Waals surface area contributed by atoms with E-state index in [2.05, 4.69) is 15.6 Å². The van der Waals surface area contributed by atoms with Crippen molar-refractivity contribution in [1.82, 2.24) is 15.6 Å². The van der Waals surface area contributed by atoms with Crippen molar-refractivity contribution in [3.63, 3.8) is 0 Å². The van der Waals surface area contributed by atoms with E-state index in [0.29, 0.717) is 18.0 Å². The molecule has 6 heteroatoms. The molecule has 1 fully saturated rings. The molecule has 0 spiro atoms. The normalized spacial score (nSPS) is 13.8. The molecule has 0 aliphatic heterocycles. The van der Waals surface area contributed by atoms with Gasteiger partial charge in [0.1, 0.15) is 6.10 Å². The molecule has 1 heterocycles. The molecule has 2 aromatic carbocycles. The number of hydrogen-bond donors (Lipinski definition) is 2. The van der Waals surface area contributed by atoms with Crippen LogP contribution in [0.25, 0.3) is 11.1 Å². The number of benzene rings is 2. The lowest BCUT2D eigenvalue weighted by atomic mass is 9.96. The van der Waals surface area contributed by atoms with Gasteiger partial charge in [-0.25, -0.2) is 4.79 Å². The first-order valence-electron chi connectivity index (χ1n) is 10.9. The van der Waals surface area contributed by atoms with Crippen LogP contribution in [0.15, 0.2) is 73.1 Å². The van der Waals surface area contributed by atoms with Crippen molar-refractivity contribution < 1.29 is 14.3 Å². The molecule has 1 saturated carbocycles. The molecule has 32 heavy (non-hydrogen) atoms. The number of carbonyl (C=O) groups excluding carboxylic acids is 2. The van der Waals surface area contributed by atoms with Crippen LogP contribution in [-0.2, 0) is 11.3 Å². The van der Waals surface area contributed by atoms with Crippen LogP contribution in [0.3, 0.4) is 0 Å². The number of alkyl carbamates (subject to hydrolysis) is 1. The lowest BCUT2D eigenvalue weighted by Gasteiger charge is -2.16. The molecular formula is C26H27N3O3. The minimum Gasteiger partial charge on any atom is -0.442 e. The Kier molecular flexibility index (Phi) is 6.80. The van der Waals surface area contributed by atoms with Gasteiger partial charge in [0.05, 0.1) is 0 Å². The monoisotopic (exact) mass is 429 g/mol. The fourth-order valence-electron chi connectivity index (χ4n) is 3.56. The van der Waals surface area contributed by atoms with E-state index in [1.165, 1.54) is 12.8 Å². The summed E-state index contributed by atoms with van der Waals surface area (Å²) >= 11 is 0. The zero-order valence-corrected chi connectivity index (χ0v) is 18.1. The van der Waals surface area contributed by atoms with E-state index in [4.69, 9.17) is 4.74 Å². The van der Waals surface area contributed by atoms with Crippen LogP contribution in [-0.4, -0.2) is 23.5 Å². The highest BCUT2D eigenvalue weighted by Crippen LogP contribution is 2.29. The Balaban J connectivity index is 1.45. The van der Waals surface area contributed by atoms with E-state index in [0.717, 1.165) is 22.3 Å². The second-order valence-electron chi connectivity index (χ2n) is 8.04. The highest BCUT2D eigenvalue weighted by atomic mass is 16.6. The van der Waals surface area contributed by atoms with Crippen molar-refractivity contribution in [1.29, 1.82) is 0 Å². The first-order chi connectivity index (χ1) is 15.6. The van der Waals surface area contributed by atoms with Gasteiger partial charge >= 0.3 is 6.09 Å². The predicted molar refractivity (Wildman–Crippen MR) is 123 cm³/mol. The maximum atomic E-state index is 12.8. The number of ether oxygens (including phenoxy) is 1. The van der Waals surface area contributed by atoms with Gasteiger partial charge < -0.3 is 15.4 Å². The summed E-state index contributed by atoms with van der Waals surface area (Å²) in [5, 5.41) is 5.84. The molecule has 1 aromatic heterocycles. The quantitative estimate of drug-likeness (QED) is 0.535. The third-order valence-electron chi connectivity index (χ3n) is 5.59. The molecule has 1 aliphatic carbocycles. The van der Waals surface area contributed by atoms with Crippen molar-refractivity contribution in [2.75, 3.05) is 6.54 Å². The third-order valence-corrected chi connectivity index (χ3v) is 5.59. The van der Waals surface area contributed by atoms with E-state index in [-0.39, 0.29) is 18.6 Å². The summed E-state index contributed by atoms with van der Waals surface area (Å²) in [6, 6.07) is 18.9. The fraction of sp³-hybridized carbons (Fsp3) is 0.269. The van der Waals surface area contributed by atoms with Crippen LogP contribution in [0.2, 0.25) is 0 Å². The van der Waals surface area contributed by atoms with Gasteiger partial charge in [-0.05, 0) is 60.1 Å². The van der Waals surface area contributed by atoms with Gasteiger partial charge in [0.15, 0.2) is 0 Å². The van der Waals surface area contributed by atoms with Crippen LogP contribution in [0, 0.1) is 5.92 Å². The Morgan fingerprint density at radius 1 is 1.00 bits per heavy atom. The van der Waals surface area contributed by atoms with Crippen LogP contribution in [0.5, 0.6) is 0 Å². The van der Waals surface area contributed by atoms with Gasteiger partial charge in [-0.2, -0.15) is 0 Å². The maximum absolute atomic E-state index is 12.8. The topological polar surface area (TPSA) is 80.3 Å². The summed E-state index contributed by atoms with van der Waals surface area (Å²) in [6.45, 7) is 2.78. The molecule has 2 N–H and O–H groups in total. The van der Waals surface area contributed by atoms with Gasteiger partial charge in [0.2, 0.25) is 0 Å². The molecule has 6 nitrogen and oxygen atoms in total. The summed E-state index contributed by atoms with van der Waals surface area (Å²) in [7, 11) is 0. The van der Waals surface area contributed by atoms with Crippen LogP contribution in [0.1, 0.15) is 47.4 Å². The highest BCUT2D eigenvalue weighted by molar-refractivity contribution is 6.01. The van der Waals surface area contributed by atoms with Crippen molar-refractivity contribution in [3.8, 4) is 11.1 Å². The van der Waals surface area contributed by atoms with Gasteiger partial charge in [0, 0.05) is 31.0 Å². The third kappa shape index (κ3) is 5.52. The number of carbonyl (C=O) groups is 2. The maximum Gasteiger partial charge on any atom is 0.408 e. The van der Waals surface area contributed by atoms with Gasteiger partial charge in [-0.1, -0.05) is 48.5 Å². The largest absolute Gasteiger partial charge is 0.442 e. The Hall–Kier alpha value is -3.67. The minimum absolute atomic E-state index is 0.0840. The van der Waals surface area contributed by atoms with Gasteiger partial charge in [-0.3, -0.25) is 9.78 Å². The number of pyridine rings is 1. The lowest BCUT2D eigenvalue weighted by molar-refractivity contribution is 0.0951. The van der Waals surface area contributed by atoms with Gasteiger partial charge in [-0.15, -0.1) is 0 Å². The SMILES string of the molecule is C[C@H](OC(=O)NCc1cnccc1-c1ccccc1C(=O)NCC1CC1)c1ccccc1. The summed E-state index contributed by atoms with van der Waals surface area (Å²) in [6.07, 6.45) is 4.89. The Morgan fingerprint density at radius 2 is 1.75 bits per heavy atom. The smallest absolute Gasteiger partial charge is 0.408 e. The van der Waals surface area contributed by atoms with Crippen molar-refractivity contribution in [2.45, 2.75) is 32.4 Å². The van der Waals surface area contributed by atoms with Crippen LogP contribution >= 0.6 is 0 Å². The number of hydrogen-bond acceptors (Lipinski definition) is 4. The average molecular weight is 430 g/mol. The Morgan fingerprint density at radius 3 is 2.53 bits per heavy atom. The molecule has 0 radical (unpaired) electrons. The number of rotatable bonds is 8. The summed E-state index contributed by atoms with van der Waals surface area (Å²) in [5.74, 6) is 0.524. The standard InChI is InChI=1S/C26H27N3O3/c1-18(20-7-3-2-4-8-20)32-26(31)29-17-21-16-27-14-13-22(21)23-9-5-6-10-24(23)25(30)28-15-19-11-12-19/h2-10,13-14,16,18-19H,11-12,15,17H2,1H3,(H,28,30)(H,29,31)/t18-/m0/s1. The molecule has 3 aromatic rings. The first-order valence-corrected chi connectivity index (χ1v) is 10.9. The number of nitrogens with zero attached hydrogens (tertiary/aromatic N) is 1. The van der Waals surface area contributed by atoms with E-state index in [1.54, 1.807) is 12.4 Å². The fourth-order valence-corrected chi connectivity index (χ4v) is 3.56. The molecule has 4 rings (SSSR count). The molecule has 164 valence electrons. The molecule has 2 amide bonds. The zero-order valence-electron chi connectivity index (χ0n) is 18.1. The zero-order chi connectivity index (χ0) is 22.3. The molecule has 0 saturated heterocycles. The van der Waals surface area contributed by atoms with E-state index in [9.17, 15) is 9.59 Å². The predicted octanol–water partition coefficient (Wildman–Crippen LogP) is 4.88. The van der Waals surface area contributed by atoms with Crippen molar-refractivity contribution in [2.24, 2.45) is 5.92 Å². The van der Waals surface area contributed by atoms with E-state index in [1.807, 2.05) is 67.6 Å². The highest BCUT2D eigenvalue weighted by Gasteiger charge is 2.23. The first kappa shape index (κ1) is 21.6. The summed E-state index contributed by atoms with van der Waals surface area (Å²) in [4.78, 5) is 29.4. The number of aromatic nitrogens is 1. The number of nitrogens with one attached hydrogen (secondary N) is 2. The minimum atomic E-state index is -0.508. The number of amides is 2. The average Bonchev–Trinajstić information content (AvgIpc) is 3.66. The van der Waals surface area contributed by atoms with Crippen molar-refractivity contribution >= 4 is 12.0 Å². The van der Waals surface area contributed by atoms with E-state index >= 15 is 0 Å². The second kappa shape index (κ2) is 10.1. The molecule has 0 bridgehead atoms. The molecule has 1 aliphatic rings. The molecular weight excluding hydrogens is 402 g/mol. The van der Waals surface area contributed by atoms with Crippen LogP contribution in [0.4, 0.5) is 4.79 Å². The Bertz CT molecular complexity index is 1080. The lowest BCUT2D eigenvalue weighted by Crippen LogP contribution is -2.26. The van der Waals surface area contributed by atoms with Crippen LogP contribution < -0.4 is 10.6 Å². The van der Waals surface area contributed by atoms with Crippen molar-refractivity contribution in [3.05, 3.63) is 89.7 Å².